The van der Waals surface area contributed by atoms with E-state index in [4.69, 9.17) is 0 Å². The Morgan fingerprint density at radius 2 is 1.53 bits per heavy atom. The molecule has 2 aromatic carbocycles. The molecule has 7 heteroatoms. The van der Waals surface area contributed by atoms with Crippen molar-refractivity contribution in [2.45, 2.75) is 67.3 Å². The fourth-order valence-electron chi connectivity index (χ4n) is 7.52. The molecule has 6 nitrogen and oxygen atoms in total. The zero-order valence-electron chi connectivity index (χ0n) is 19.4. The average Bonchev–Trinajstić information content (AvgIpc) is 3.34. The van der Waals surface area contributed by atoms with Crippen LogP contribution in [-0.4, -0.2) is 42.4 Å². The summed E-state index contributed by atoms with van der Waals surface area (Å²) in [5, 5.41) is 14.0. The van der Waals surface area contributed by atoms with Gasteiger partial charge in [0.2, 0.25) is 10.0 Å². The SMILES string of the molecule is O=C(Nc1ccc(C23C[C@@H]4C[C@H](CC(O)(C4)C2)C3)cc1)c1ccc(S(=O)(=O)N2CCCC2)cc1. The van der Waals surface area contributed by atoms with Crippen LogP contribution in [0.2, 0.25) is 0 Å². The maximum atomic E-state index is 12.8. The third kappa shape index (κ3) is 3.78. The standard InChI is InChI=1S/C27H32N2O4S/c30-25(21-3-9-24(10-4-21)34(32,33)29-11-1-2-12-29)28-23-7-5-22(6-8-23)26-14-19-13-20(15-26)17-27(31,16-19)18-26/h3-10,19-20,31H,1-2,11-18H2,(H,28,30)/t19-,20-,26?,27?/m0/s1. The van der Waals surface area contributed by atoms with E-state index in [1.54, 1.807) is 12.1 Å². The lowest BCUT2D eigenvalue weighted by molar-refractivity contribution is -0.136. The summed E-state index contributed by atoms with van der Waals surface area (Å²) < 4.78 is 26.9. The molecule has 1 saturated heterocycles. The lowest BCUT2D eigenvalue weighted by atomic mass is 9.46. The van der Waals surface area contributed by atoms with Gasteiger partial charge in [0, 0.05) is 24.3 Å². The summed E-state index contributed by atoms with van der Waals surface area (Å²) in [4.78, 5) is 13.0. The minimum Gasteiger partial charge on any atom is -0.390 e. The maximum Gasteiger partial charge on any atom is 0.255 e. The van der Waals surface area contributed by atoms with Crippen molar-refractivity contribution in [3.8, 4) is 0 Å². The third-order valence-electron chi connectivity index (χ3n) is 8.60. The maximum absolute atomic E-state index is 12.8. The van der Waals surface area contributed by atoms with Gasteiger partial charge in [-0.2, -0.15) is 4.31 Å². The Hall–Kier alpha value is -2.22. The van der Waals surface area contributed by atoms with E-state index in [1.165, 1.54) is 28.4 Å². The molecule has 0 unspecified atom stereocenters. The Labute approximate surface area is 201 Å². The Kier molecular flexibility index (Phi) is 5.17. The van der Waals surface area contributed by atoms with Crippen LogP contribution in [-0.2, 0) is 15.4 Å². The Balaban J connectivity index is 1.15. The van der Waals surface area contributed by atoms with Crippen LogP contribution < -0.4 is 5.32 Å². The lowest BCUT2D eigenvalue weighted by Crippen LogP contribution is -2.57. The van der Waals surface area contributed by atoms with Gasteiger partial charge in [-0.1, -0.05) is 12.1 Å². The highest BCUT2D eigenvalue weighted by Crippen LogP contribution is 2.62. The molecule has 1 aliphatic heterocycles. The van der Waals surface area contributed by atoms with Gasteiger partial charge in [0.25, 0.3) is 5.91 Å². The summed E-state index contributed by atoms with van der Waals surface area (Å²) in [6, 6.07) is 14.3. The Bertz CT molecular complexity index is 1190. The minimum absolute atomic E-state index is 0.0675. The van der Waals surface area contributed by atoms with Gasteiger partial charge in [0.15, 0.2) is 0 Å². The monoisotopic (exact) mass is 480 g/mol. The molecular weight excluding hydrogens is 448 g/mol. The molecule has 34 heavy (non-hydrogen) atoms. The fourth-order valence-corrected chi connectivity index (χ4v) is 9.04. The predicted molar refractivity (Wildman–Crippen MR) is 130 cm³/mol. The third-order valence-corrected chi connectivity index (χ3v) is 10.5. The van der Waals surface area contributed by atoms with E-state index in [0.29, 0.717) is 36.2 Å². The molecule has 4 bridgehead atoms. The van der Waals surface area contributed by atoms with Gasteiger partial charge in [-0.25, -0.2) is 8.42 Å². The number of carbonyl (C=O) groups excluding carboxylic acids is 1. The summed E-state index contributed by atoms with van der Waals surface area (Å²) >= 11 is 0. The van der Waals surface area contributed by atoms with Crippen molar-refractivity contribution in [2.75, 3.05) is 18.4 Å². The van der Waals surface area contributed by atoms with E-state index in [-0.39, 0.29) is 16.2 Å². The molecule has 1 heterocycles. The van der Waals surface area contributed by atoms with Gasteiger partial charge < -0.3 is 10.4 Å². The van der Waals surface area contributed by atoms with Crippen LogP contribution in [0.4, 0.5) is 5.69 Å². The number of anilines is 1. The molecule has 5 fully saturated rings. The van der Waals surface area contributed by atoms with Crippen molar-refractivity contribution in [3.63, 3.8) is 0 Å². The van der Waals surface area contributed by atoms with Crippen LogP contribution in [0, 0.1) is 11.8 Å². The van der Waals surface area contributed by atoms with Crippen molar-refractivity contribution in [3.05, 3.63) is 59.7 Å². The normalized spacial score (nSPS) is 32.7. The van der Waals surface area contributed by atoms with E-state index in [2.05, 4.69) is 17.4 Å². The molecule has 2 atom stereocenters. The van der Waals surface area contributed by atoms with Gasteiger partial charge >= 0.3 is 0 Å². The predicted octanol–water partition coefficient (Wildman–Crippen LogP) is 4.31. The number of aliphatic hydroxyl groups is 1. The molecule has 5 aliphatic rings. The first kappa shape index (κ1) is 22.3. The number of amides is 1. The largest absolute Gasteiger partial charge is 0.390 e. The zero-order chi connectivity index (χ0) is 23.6. The summed E-state index contributed by atoms with van der Waals surface area (Å²) in [5.41, 5.74) is 1.98. The average molecular weight is 481 g/mol. The molecule has 180 valence electrons. The molecule has 2 N–H and O–H groups in total. The number of hydrogen-bond acceptors (Lipinski definition) is 4. The topological polar surface area (TPSA) is 86.7 Å². The summed E-state index contributed by atoms with van der Waals surface area (Å²) in [6.45, 7) is 1.12. The quantitative estimate of drug-likeness (QED) is 0.668. The highest BCUT2D eigenvalue weighted by atomic mass is 32.2. The van der Waals surface area contributed by atoms with Crippen LogP contribution in [0.3, 0.4) is 0 Å². The summed E-state index contributed by atoms with van der Waals surface area (Å²) in [7, 11) is -3.48. The first-order valence-electron chi connectivity index (χ1n) is 12.5. The number of nitrogens with one attached hydrogen (secondary N) is 1. The molecule has 0 spiro atoms. The van der Waals surface area contributed by atoms with E-state index in [0.717, 1.165) is 44.9 Å². The van der Waals surface area contributed by atoms with E-state index >= 15 is 0 Å². The second-order valence-corrected chi connectivity index (χ2v) is 13.1. The zero-order valence-corrected chi connectivity index (χ0v) is 20.2. The molecule has 1 amide bonds. The second-order valence-electron chi connectivity index (χ2n) is 11.1. The van der Waals surface area contributed by atoms with E-state index in [9.17, 15) is 18.3 Å². The van der Waals surface area contributed by atoms with Gasteiger partial charge in [0.1, 0.15) is 0 Å². The fraction of sp³-hybridized carbons (Fsp3) is 0.519. The van der Waals surface area contributed by atoms with Gasteiger partial charge in [-0.15, -0.1) is 0 Å². The van der Waals surface area contributed by atoms with Crippen molar-refractivity contribution in [1.82, 2.24) is 4.31 Å². The van der Waals surface area contributed by atoms with Crippen LogP contribution >= 0.6 is 0 Å². The lowest BCUT2D eigenvalue weighted by Gasteiger charge is -2.60. The number of rotatable bonds is 5. The minimum atomic E-state index is -3.48. The number of nitrogens with zero attached hydrogens (tertiary/aromatic N) is 1. The second kappa shape index (κ2) is 7.90. The molecule has 0 radical (unpaired) electrons. The van der Waals surface area contributed by atoms with Crippen LogP contribution in [0.15, 0.2) is 53.4 Å². The van der Waals surface area contributed by atoms with Crippen LogP contribution in [0.25, 0.3) is 0 Å². The Morgan fingerprint density at radius 3 is 2.12 bits per heavy atom. The molecule has 0 aromatic heterocycles. The first-order chi connectivity index (χ1) is 16.2. The highest BCUT2D eigenvalue weighted by Gasteiger charge is 2.57. The van der Waals surface area contributed by atoms with Crippen molar-refractivity contribution in [2.24, 2.45) is 11.8 Å². The smallest absolute Gasteiger partial charge is 0.255 e. The molecular formula is C27H32N2O4S. The van der Waals surface area contributed by atoms with E-state index < -0.39 is 15.6 Å². The molecule has 2 aromatic rings. The Morgan fingerprint density at radius 1 is 0.912 bits per heavy atom. The van der Waals surface area contributed by atoms with Gasteiger partial charge in [-0.3, -0.25) is 4.79 Å². The molecule has 4 saturated carbocycles. The van der Waals surface area contributed by atoms with Gasteiger partial charge in [-0.05, 0) is 111 Å². The molecule has 7 rings (SSSR count). The van der Waals surface area contributed by atoms with Gasteiger partial charge in [0.05, 0.1) is 10.5 Å². The number of benzene rings is 2. The van der Waals surface area contributed by atoms with Crippen molar-refractivity contribution >= 4 is 21.6 Å². The first-order valence-corrected chi connectivity index (χ1v) is 13.9. The van der Waals surface area contributed by atoms with E-state index in [1.807, 2.05) is 12.1 Å². The highest BCUT2D eigenvalue weighted by molar-refractivity contribution is 7.89. The van der Waals surface area contributed by atoms with Crippen molar-refractivity contribution < 1.29 is 18.3 Å². The number of sulfonamides is 1. The summed E-state index contributed by atoms with van der Waals surface area (Å²) in [6.07, 6.45) is 8.12. The molecule has 4 aliphatic carbocycles. The number of carbonyl (C=O) groups is 1. The van der Waals surface area contributed by atoms with Crippen LogP contribution in [0.1, 0.15) is 67.3 Å². The summed E-state index contributed by atoms with van der Waals surface area (Å²) in [5.74, 6) is 0.993. The van der Waals surface area contributed by atoms with Crippen LogP contribution in [0.5, 0.6) is 0 Å². The van der Waals surface area contributed by atoms with Crippen molar-refractivity contribution in [1.29, 1.82) is 0 Å². The number of hydrogen-bond donors (Lipinski definition) is 2.